The molecule has 2 aromatic rings. The summed E-state index contributed by atoms with van der Waals surface area (Å²) in [6.07, 6.45) is 2.85. The van der Waals surface area contributed by atoms with Crippen LogP contribution in [-0.4, -0.2) is 47.0 Å². The van der Waals surface area contributed by atoms with Crippen LogP contribution < -0.4 is 11.1 Å². The lowest BCUT2D eigenvalue weighted by atomic mass is 10.1. The van der Waals surface area contributed by atoms with Crippen molar-refractivity contribution in [3.63, 3.8) is 0 Å². The number of nitrogens with one attached hydrogen (secondary N) is 1. The maximum absolute atomic E-state index is 13.1. The summed E-state index contributed by atoms with van der Waals surface area (Å²) in [5.41, 5.74) is 6.96. The minimum atomic E-state index is -0.616. The molecule has 0 radical (unpaired) electrons. The van der Waals surface area contributed by atoms with Crippen LogP contribution in [0, 0.1) is 5.82 Å². The lowest BCUT2D eigenvalue weighted by Gasteiger charge is -2.16. The molecule has 3 N–H and O–H groups in total. The largest absolute Gasteiger partial charge is 0.364 e. The van der Waals surface area contributed by atoms with Gasteiger partial charge in [-0.05, 0) is 37.7 Å². The maximum Gasteiger partial charge on any atom is 0.268 e. The summed E-state index contributed by atoms with van der Waals surface area (Å²) in [7, 11) is 2.07. The van der Waals surface area contributed by atoms with E-state index >= 15 is 0 Å². The number of likely N-dealkylation sites (N-methyl/N-ethyl adjacent to an activating group) is 1. The summed E-state index contributed by atoms with van der Waals surface area (Å²) >= 11 is 0. The number of anilines is 1. The lowest BCUT2D eigenvalue weighted by Crippen LogP contribution is -2.25. The lowest BCUT2D eigenvalue weighted by molar-refractivity contribution is 0.0995. The molecule has 1 atom stereocenters. The Kier molecular flexibility index (Phi) is 4.71. The van der Waals surface area contributed by atoms with Gasteiger partial charge in [-0.1, -0.05) is 12.1 Å². The molecule has 0 saturated carbocycles. The van der Waals surface area contributed by atoms with Crippen LogP contribution in [0.4, 0.5) is 10.2 Å². The van der Waals surface area contributed by atoms with E-state index in [-0.39, 0.29) is 17.6 Å². The molecule has 1 aliphatic heterocycles. The molecular weight excluding hydrogens is 309 g/mol. The van der Waals surface area contributed by atoms with Gasteiger partial charge in [0.2, 0.25) is 0 Å². The predicted molar refractivity (Wildman–Crippen MR) is 89.3 cm³/mol. The fraction of sp³-hybridized carbons (Fsp3) is 0.353. The van der Waals surface area contributed by atoms with Crippen LogP contribution in [-0.2, 0) is 6.42 Å². The molecule has 3 rings (SSSR count). The van der Waals surface area contributed by atoms with Crippen LogP contribution in [0.15, 0.2) is 30.5 Å². The number of amides is 1. The molecule has 0 aliphatic carbocycles. The van der Waals surface area contributed by atoms with Crippen molar-refractivity contribution in [3.05, 3.63) is 53.2 Å². The fourth-order valence-electron chi connectivity index (χ4n) is 2.83. The van der Waals surface area contributed by atoms with Gasteiger partial charge in [-0.25, -0.2) is 14.4 Å². The number of rotatable bonds is 5. The summed E-state index contributed by atoms with van der Waals surface area (Å²) in [4.78, 5) is 22.3. The number of nitrogens with two attached hydrogens (primary N) is 1. The summed E-state index contributed by atoms with van der Waals surface area (Å²) in [5, 5.41) is 3.40. The third-order valence-corrected chi connectivity index (χ3v) is 4.11. The minimum Gasteiger partial charge on any atom is -0.364 e. The van der Waals surface area contributed by atoms with Crippen molar-refractivity contribution in [3.8, 4) is 0 Å². The average molecular weight is 329 g/mol. The number of likely N-dealkylation sites (tertiary alicyclic amines) is 1. The maximum atomic E-state index is 13.1. The molecule has 1 aliphatic rings. The van der Waals surface area contributed by atoms with Crippen molar-refractivity contribution >= 4 is 11.7 Å². The van der Waals surface area contributed by atoms with Crippen LogP contribution in [0.5, 0.6) is 0 Å². The number of hydrogen-bond donors (Lipinski definition) is 2. The van der Waals surface area contributed by atoms with E-state index in [9.17, 15) is 9.18 Å². The summed E-state index contributed by atoms with van der Waals surface area (Å²) in [5.74, 6) is -0.261. The molecular formula is C17H20FN5O. The van der Waals surface area contributed by atoms with E-state index in [1.807, 2.05) is 0 Å². The van der Waals surface area contributed by atoms with E-state index in [1.165, 1.54) is 18.3 Å². The molecule has 1 aromatic carbocycles. The normalized spacial score (nSPS) is 17.8. The average Bonchev–Trinajstić information content (AvgIpc) is 2.96. The van der Waals surface area contributed by atoms with Gasteiger partial charge in [-0.3, -0.25) is 4.79 Å². The first-order valence-electron chi connectivity index (χ1n) is 7.86. The molecule has 1 aromatic heterocycles. The van der Waals surface area contributed by atoms with Crippen LogP contribution >= 0.6 is 0 Å². The molecule has 126 valence electrons. The van der Waals surface area contributed by atoms with Crippen molar-refractivity contribution in [1.29, 1.82) is 0 Å². The van der Waals surface area contributed by atoms with Gasteiger partial charge in [0.1, 0.15) is 17.3 Å². The van der Waals surface area contributed by atoms with Gasteiger partial charge in [0.15, 0.2) is 0 Å². The Bertz CT molecular complexity index is 734. The van der Waals surface area contributed by atoms with E-state index in [4.69, 9.17) is 5.73 Å². The van der Waals surface area contributed by atoms with Crippen LogP contribution in [0.2, 0.25) is 0 Å². The van der Waals surface area contributed by atoms with Crippen molar-refractivity contribution in [1.82, 2.24) is 14.9 Å². The minimum absolute atomic E-state index is 0.126. The molecule has 1 saturated heterocycles. The molecule has 1 unspecified atom stereocenters. The number of aromatic nitrogens is 2. The smallest absolute Gasteiger partial charge is 0.268 e. The van der Waals surface area contributed by atoms with Gasteiger partial charge in [-0.2, -0.15) is 0 Å². The highest BCUT2D eigenvalue weighted by Crippen LogP contribution is 2.19. The topological polar surface area (TPSA) is 84.1 Å². The van der Waals surface area contributed by atoms with Gasteiger partial charge < -0.3 is 16.0 Å². The highest BCUT2D eigenvalue weighted by atomic mass is 19.1. The summed E-state index contributed by atoms with van der Waals surface area (Å²) in [6, 6.07) is 6.48. The first-order chi connectivity index (χ1) is 11.5. The van der Waals surface area contributed by atoms with E-state index in [1.54, 1.807) is 12.1 Å². The number of carbonyl (C=O) groups is 1. The summed E-state index contributed by atoms with van der Waals surface area (Å²) in [6.45, 7) is 1.95. The van der Waals surface area contributed by atoms with Gasteiger partial charge >= 0.3 is 0 Å². The third kappa shape index (κ3) is 3.86. The number of benzene rings is 1. The highest BCUT2D eigenvalue weighted by Gasteiger charge is 2.21. The number of carbonyl (C=O) groups excluding carboxylic acids is 1. The van der Waals surface area contributed by atoms with Crippen LogP contribution in [0.1, 0.15) is 28.2 Å². The first-order valence-corrected chi connectivity index (χ1v) is 7.86. The Morgan fingerprint density at radius 3 is 2.79 bits per heavy atom. The SMILES string of the molecule is CN1CCC(Nc2ncc(C(N)=O)nc2Cc2ccc(F)cc2)C1. The van der Waals surface area contributed by atoms with Gasteiger partial charge in [0.05, 0.1) is 11.9 Å². The molecule has 2 heterocycles. The second-order valence-electron chi connectivity index (χ2n) is 6.11. The van der Waals surface area contributed by atoms with Crippen molar-refractivity contribution in [2.45, 2.75) is 18.9 Å². The fourth-order valence-corrected chi connectivity index (χ4v) is 2.83. The van der Waals surface area contributed by atoms with Crippen LogP contribution in [0.3, 0.4) is 0 Å². The molecule has 0 bridgehead atoms. The van der Waals surface area contributed by atoms with Gasteiger partial charge in [0.25, 0.3) is 5.91 Å². The molecule has 24 heavy (non-hydrogen) atoms. The van der Waals surface area contributed by atoms with Crippen molar-refractivity contribution < 1.29 is 9.18 Å². The second-order valence-corrected chi connectivity index (χ2v) is 6.11. The predicted octanol–water partition coefficient (Wildman–Crippen LogP) is 1.42. The first kappa shape index (κ1) is 16.3. The standard InChI is InChI=1S/C17H20FN5O/c1-23-7-6-13(10-23)21-17-14(22-15(9-20-17)16(19)24)8-11-2-4-12(18)5-3-11/h2-5,9,13H,6-8,10H2,1H3,(H2,19,24)(H,20,21). The van der Waals surface area contributed by atoms with Gasteiger partial charge in [-0.15, -0.1) is 0 Å². The van der Waals surface area contributed by atoms with Crippen molar-refractivity contribution in [2.75, 3.05) is 25.5 Å². The van der Waals surface area contributed by atoms with Crippen LogP contribution in [0.25, 0.3) is 0 Å². The molecule has 7 heteroatoms. The Morgan fingerprint density at radius 2 is 2.17 bits per heavy atom. The number of halogens is 1. The van der Waals surface area contributed by atoms with E-state index in [0.717, 1.165) is 25.1 Å². The Labute approximate surface area is 139 Å². The molecule has 6 nitrogen and oxygen atoms in total. The van der Waals surface area contributed by atoms with E-state index in [2.05, 4.69) is 27.2 Å². The Morgan fingerprint density at radius 1 is 1.42 bits per heavy atom. The highest BCUT2D eigenvalue weighted by molar-refractivity contribution is 5.90. The molecule has 0 spiro atoms. The third-order valence-electron chi connectivity index (χ3n) is 4.11. The van der Waals surface area contributed by atoms with Crippen molar-refractivity contribution in [2.24, 2.45) is 5.73 Å². The van der Waals surface area contributed by atoms with Gasteiger partial charge in [0, 0.05) is 19.0 Å². The summed E-state index contributed by atoms with van der Waals surface area (Å²) < 4.78 is 13.1. The zero-order valence-corrected chi connectivity index (χ0v) is 13.5. The molecule has 1 amide bonds. The monoisotopic (exact) mass is 329 g/mol. The Balaban J connectivity index is 1.86. The quantitative estimate of drug-likeness (QED) is 0.867. The zero-order valence-electron chi connectivity index (χ0n) is 13.5. The van der Waals surface area contributed by atoms with E-state index in [0.29, 0.717) is 17.9 Å². The molecule has 1 fully saturated rings. The number of nitrogens with zero attached hydrogens (tertiary/aromatic N) is 3. The Hall–Kier alpha value is -2.54. The zero-order chi connectivity index (χ0) is 17.1. The van der Waals surface area contributed by atoms with E-state index < -0.39 is 5.91 Å². The second kappa shape index (κ2) is 6.92. The number of primary amides is 1. The number of hydrogen-bond acceptors (Lipinski definition) is 5.